The molecule has 0 bridgehead atoms. The van der Waals surface area contributed by atoms with Crippen molar-refractivity contribution in [2.24, 2.45) is 0 Å². The molecule has 0 aromatic carbocycles. The molecule has 4 nitrogen and oxygen atoms in total. The summed E-state index contributed by atoms with van der Waals surface area (Å²) < 4.78 is 25.6. The van der Waals surface area contributed by atoms with E-state index in [0.717, 1.165) is 6.26 Å². The highest BCUT2D eigenvalue weighted by Crippen LogP contribution is 1.88. The predicted octanol–water partition coefficient (Wildman–Crippen LogP) is 0.0373. The van der Waals surface area contributed by atoms with E-state index in [1.54, 1.807) is 0 Å². The average molecular weight is 188 g/mol. The van der Waals surface area contributed by atoms with E-state index in [1.165, 1.54) is 0 Å². The van der Waals surface area contributed by atoms with Crippen molar-refractivity contribution in [2.45, 2.75) is 6.54 Å². The van der Waals surface area contributed by atoms with Gasteiger partial charge in [0.15, 0.2) is 0 Å². The van der Waals surface area contributed by atoms with Crippen LogP contribution in [-0.4, -0.2) is 25.8 Å². The molecule has 68 valence electrons. The second kappa shape index (κ2) is 3.73. The van der Waals surface area contributed by atoms with Crippen LogP contribution in [0.2, 0.25) is 0 Å². The molecule has 1 heterocycles. The Bertz CT molecular complexity index is 315. The van der Waals surface area contributed by atoms with E-state index in [2.05, 4.69) is 4.72 Å². The van der Waals surface area contributed by atoms with Gasteiger partial charge in [-0.15, -0.1) is 0 Å². The highest BCUT2D eigenvalue weighted by Gasteiger charge is 1.97. The Balaban J connectivity index is 2.29. The summed E-state index contributed by atoms with van der Waals surface area (Å²) in [5.74, 6) is 0. The molecule has 5 heteroatoms. The molecule has 0 spiro atoms. The Kier molecular flexibility index (Phi) is 2.88. The van der Waals surface area contributed by atoms with E-state index in [-0.39, 0.29) is 0 Å². The van der Waals surface area contributed by atoms with Gasteiger partial charge in [0.2, 0.25) is 10.0 Å². The summed E-state index contributed by atoms with van der Waals surface area (Å²) in [7, 11) is -3.04. The molecular weight excluding hydrogens is 176 g/mol. The molecular formula is C7H12N2O2S. The zero-order chi connectivity index (χ0) is 9.03. The first-order valence-electron chi connectivity index (χ1n) is 3.63. The molecule has 0 amide bonds. The summed E-state index contributed by atoms with van der Waals surface area (Å²) in [4.78, 5) is 0. The number of hydrogen-bond donors (Lipinski definition) is 1. The van der Waals surface area contributed by atoms with Crippen molar-refractivity contribution in [1.29, 1.82) is 0 Å². The summed E-state index contributed by atoms with van der Waals surface area (Å²) in [5, 5.41) is 0. The van der Waals surface area contributed by atoms with Crippen molar-refractivity contribution < 1.29 is 8.42 Å². The van der Waals surface area contributed by atoms with Gasteiger partial charge in [0.05, 0.1) is 6.26 Å². The van der Waals surface area contributed by atoms with Crippen LogP contribution in [0.5, 0.6) is 0 Å². The minimum atomic E-state index is -3.04. The molecule has 0 saturated carbocycles. The van der Waals surface area contributed by atoms with E-state index in [9.17, 15) is 8.42 Å². The highest BCUT2D eigenvalue weighted by molar-refractivity contribution is 7.88. The smallest absolute Gasteiger partial charge is 0.208 e. The molecule has 12 heavy (non-hydrogen) atoms. The number of rotatable bonds is 4. The second-order valence-corrected chi connectivity index (χ2v) is 4.42. The van der Waals surface area contributed by atoms with E-state index in [1.807, 2.05) is 29.1 Å². The lowest BCUT2D eigenvalue weighted by Crippen LogP contribution is -2.25. The third kappa shape index (κ3) is 3.54. The van der Waals surface area contributed by atoms with Gasteiger partial charge in [-0.3, -0.25) is 0 Å². The van der Waals surface area contributed by atoms with Crippen LogP contribution in [0, 0.1) is 0 Å². The maximum absolute atomic E-state index is 10.6. The minimum Gasteiger partial charge on any atom is -0.353 e. The molecule has 0 radical (unpaired) electrons. The number of nitrogens with one attached hydrogen (secondary N) is 1. The molecule has 1 aromatic rings. The quantitative estimate of drug-likeness (QED) is 0.725. The summed E-state index contributed by atoms with van der Waals surface area (Å²) >= 11 is 0. The first-order valence-corrected chi connectivity index (χ1v) is 5.52. The van der Waals surface area contributed by atoms with Crippen molar-refractivity contribution in [1.82, 2.24) is 9.29 Å². The van der Waals surface area contributed by atoms with E-state index < -0.39 is 10.0 Å². The largest absolute Gasteiger partial charge is 0.353 e. The second-order valence-electron chi connectivity index (χ2n) is 2.59. The fourth-order valence-corrected chi connectivity index (χ4v) is 1.34. The molecule has 0 unspecified atom stereocenters. The van der Waals surface area contributed by atoms with Gasteiger partial charge in [-0.1, -0.05) is 0 Å². The van der Waals surface area contributed by atoms with Crippen LogP contribution in [0.3, 0.4) is 0 Å². The highest BCUT2D eigenvalue weighted by atomic mass is 32.2. The maximum atomic E-state index is 10.6. The van der Waals surface area contributed by atoms with E-state index >= 15 is 0 Å². The van der Waals surface area contributed by atoms with Crippen LogP contribution in [0.1, 0.15) is 0 Å². The zero-order valence-electron chi connectivity index (χ0n) is 6.90. The number of nitrogens with zero attached hydrogens (tertiary/aromatic N) is 1. The molecule has 0 saturated heterocycles. The van der Waals surface area contributed by atoms with Crippen LogP contribution in [0.15, 0.2) is 24.5 Å². The van der Waals surface area contributed by atoms with Gasteiger partial charge in [-0.2, -0.15) is 0 Å². The lowest BCUT2D eigenvalue weighted by atomic mass is 10.6. The van der Waals surface area contributed by atoms with Gasteiger partial charge in [0, 0.05) is 25.5 Å². The van der Waals surface area contributed by atoms with Crippen molar-refractivity contribution >= 4 is 10.0 Å². The summed E-state index contributed by atoms with van der Waals surface area (Å²) in [6, 6.07) is 3.81. The van der Waals surface area contributed by atoms with Crippen LogP contribution >= 0.6 is 0 Å². The summed E-state index contributed by atoms with van der Waals surface area (Å²) in [6.07, 6.45) is 4.94. The fourth-order valence-electron chi connectivity index (χ4n) is 0.879. The Morgan fingerprint density at radius 2 is 1.92 bits per heavy atom. The fraction of sp³-hybridized carbons (Fsp3) is 0.429. The van der Waals surface area contributed by atoms with Crippen LogP contribution in [0.25, 0.3) is 0 Å². The van der Waals surface area contributed by atoms with Crippen molar-refractivity contribution in [3.8, 4) is 0 Å². The monoisotopic (exact) mass is 188 g/mol. The molecule has 0 aliphatic carbocycles. The average Bonchev–Trinajstić information content (AvgIpc) is 2.36. The van der Waals surface area contributed by atoms with E-state index in [0.29, 0.717) is 13.1 Å². The SMILES string of the molecule is CS(=O)(=O)NCCn1cccc1. The Morgan fingerprint density at radius 1 is 1.33 bits per heavy atom. The van der Waals surface area contributed by atoms with Gasteiger partial charge in [-0.25, -0.2) is 13.1 Å². The number of sulfonamides is 1. The van der Waals surface area contributed by atoms with Gasteiger partial charge >= 0.3 is 0 Å². The van der Waals surface area contributed by atoms with Gasteiger partial charge in [-0.05, 0) is 12.1 Å². The van der Waals surface area contributed by atoms with Crippen molar-refractivity contribution in [3.63, 3.8) is 0 Å². The molecule has 1 aromatic heterocycles. The first-order chi connectivity index (χ1) is 5.58. The third-order valence-corrected chi connectivity index (χ3v) is 2.13. The molecule has 0 atom stereocenters. The standard InChI is InChI=1S/C7H12N2O2S/c1-12(10,11)8-4-7-9-5-2-3-6-9/h2-3,5-6,8H,4,7H2,1H3. The molecule has 1 N–H and O–H groups in total. The first kappa shape index (κ1) is 9.28. The zero-order valence-corrected chi connectivity index (χ0v) is 7.71. The van der Waals surface area contributed by atoms with Crippen LogP contribution < -0.4 is 4.72 Å². The van der Waals surface area contributed by atoms with Gasteiger partial charge in [0.1, 0.15) is 0 Å². The van der Waals surface area contributed by atoms with Crippen molar-refractivity contribution in [3.05, 3.63) is 24.5 Å². The summed E-state index contributed by atoms with van der Waals surface area (Å²) in [5.41, 5.74) is 0. The topological polar surface area (TPSA) is 51.1 Å². The number of aromatic nitrogens is 1. The Labute approximate surface area is 72.3 Å². The molecule has 0 aliphatic rings. The van der Waals surface area contributed by atoms with Crippen LogP contribution in [0.4, 0.5) is 0 Å². The normalized spacial score (nSPS) is 11.8. The molecule has 1 rings (SSSR count). The third-order valence-electron chi connectivity index (χ3n) is 1.40. The molecule has 0 fully saturated rings. The van der Waals surface area contributed by atoms with E-state index in [4.69, 9.17) is 0 Å². The summed E-state index contributed by atoms with van der Waals surface area (Å²) in [6.45, 7) is 1.10. The van der Waals surface area contributed by atoms with Crippen molar-refractivity contribution in [2.75, 3.05) is 12.8 Å². The van der Waals surface area contributed by atoms with Gasteiger partial charge < -0.3 is 4.57 Å². The lowest BCUT2D eigenvalue weighted by Gasteiger charge is -2.02. The molecule has 0 aliphatic heterocycles. The predicted molar refractivity (Wildman–Crippen MR) is 47.3 cm³/mol. The van der Waals surface area contributed by atoms with Crippen LogP contribution in [-0.2, 0) is 16.6 Å². The minimum absolute atomic E-state index is 0.438. The Morgan fingerprint density at radius 3 is 2.42 bits per heavy atom. The van der Waals surface area contributed by atoms with Gasteiger partial charge in [0.25, 0.3) is 0 Å². The Hall–Kier alpha value is -0.810. The lowest BCUT2D eigenvalue weighted by molar-refractivity contribution is 0.579. The maximum Gasteiger partial charge on any atom is 0.208 e. The number of hydrogen-bond acceptors (Lipinski definition) is 2.